The molecule has 1 unspecified atom stereocenters. The molecule has 0 radical (unpaired) electrons. The molecule has 0 aliphatic carbocycles. The molecule has 0 aromatic heterocycles. The average molecular weight is 416 g/mol. The predicted molar refractivity (Wildman–Crippen MR) is 95.1 cm³/mol. The molecule has 24 heavy (non-hydrogen) atoms. The van der Waals surface area contributed by atoms with Gasteiger partial charge in [-0.05, 0) is 31.5 Å². The van der Waals surface area contributed by atoms with Gasteiger partial charge < -0.3 is 10.2 Å². The van der Waals surface area contributed by atoms with E-state index in [-0.39, 0.29) is 29.3 Å². The van der Waals surface area contributed by atoms with Crippen LogP contribution in [-0.4, -0.2) is 62.3 Å². The van der Waals surface area contributed by atoms with E-state index in [0.717, 1.165) is 11.0 Å². The van der Waals surface area contributed by atoms with Crippen molar-refractivity contribution in [1.29, 1.82) is 0 Å². The minimum absolute atomic E-state index is 0.0790. The third-order valence-corrected chi connectivity index (χ3v) is 6.97. The first-order valence-electron chi connectivity index (χ1n) is 8.16. The van der Waals surface area contributed by atoms with E-state index in [1.54, 1.807) is 24.3 Å². The minimum Gasteiger partial charge on any atom is -0.340 e. The Bertz CT molecular complexity index is 725. The molecule has 0 spiro atoms. The number of rotatable bonds is 3. The maximum atomic E-state index is 12.8. The lowest BCUT2D eigenvalue weighted by atomic mass is 10.1. The topological polar surface area (TPSA) is 69.7 Å². The molecule has 2 heterocycles. The van der Waals surface area contributed by atoms with Crippen LogP contribution in [-0.2, 0) is 14.8 Å². The Labute approximate surface area is 151 Å². The molecule has 1 aromatic rings. The van der Waals surface area contributed by atoms with Gasteiger partial charge in [0.1, 0.15) is 0 Å². The summed E-state index contributed by atoms with van der Waals surface area (Å²) in [6.07, 6.45) is 0.588. The highest BCUT2D eigenvalue weighted by Crippen LogP contribution is 2.27. The smallest absolute Gasteiger partial charge is 0.243 e. The molecule has 1 aromatic carbocycles. The van der Waals surface area contributed by atoms with E-state index in [2.05, 4.69) is 28.2 Å². The highest BCUT2D eigenvalue weighted by Gasteiger charge is 2.38. The van der Waals surface area contributed by atoms with Gasteiger partial charge >= 0.3 is 0 Å². The Morgan fingerprint density at radius 1 is 1.29 bits per heavy atom. The van der Waals surface area contributed by atoms with E-state index >= 15 is 0 Å². The third kappa shape index (κ3) is 3.66. The van der Waals surface area contributed by atoms with E-state index in [9.17, 15) is 13.2 Å². The number of piperazine rings is 1. The molecule has 2 atom stereocenters. The van der Waals surface area contributed by atoms with Crippen LogP contribution in [0.3, 0.4) is 0 Å². The summed E-state index contributed by atoms with van der Waals surface area (Å²) in [6, 6.07) is 6.97. The molecule has 1 N–H and O–H groups in total. The van der Waals surface area contributed by atoms with Gasteiger partial charge in [-0.1, -0.05) is 22.0 Å². The van der Waals surface area contributed by atoms with Crippen molar-refractivity contribution in [3.8, 4) is 0 Å². The average Bonchev–Trinajstić information content (AvgIpc) is 3.05. The van der Waals surface area contributed by atoms with Crippen LogP contribution in [0.2, 0.25) is 0 Å². The quantitative estimate of drug-likeness (QED) is 0.806. The SMILES string of the molecule is C[C@@H]1CN(C(=O)C2CCN(S(=O)(=O)c3cccc(Br)c3)C2)CCN1. The fraction of sp³-hybridized carbons (Fsp3) is 0.562. The summed E-state index contributed by atoms with van der Waals surface area (Å²) in [5.74, 6) is -0.160. The summed E-state index contributed by atoms with van der Waals surface area (Å²) < 4.78 is 27.7. The first-order chi connectivity index (χ1) is 11.4. The number of halogens is 1. The summed E-state index contributed by atoms with van der Waals surface area (Å²) >= 11 is 3.31. The predicted octanol–water partition coefficient (Wildman–Crippen LogP) is 1.28. The van der Waals surface area contributed by atoms with Gasteiger partial charge in [-0.2, -0.15) is 4.31 Å². The van der Waals surface area contributed by atoms with Crippen LogP contribution in [0, 0.1) is 5.92 Å². The number of benzene rings is 1. The number of hydrogen-bond acceptors (Lipinski definition) is 4. The first kappa shape index (κ1) is 17.8. The summed E-state index contributed by atoms with van der Waals surface area (Å²) in [6.45, 7) is 4.89. The summed E-state index contributed by atoms with van der Waals surface area (Å²) in [5, 5.41) is 3.31. The Hall–Kier alpha value is -0.960. The van der Waals surface area contributed by atoms with Gasteiger partial charge in [0.25, 0.3) is 0 Å². The lowest BCUT2D eigenvalue weighted by molar-refractivity contribution is -0.136. The summed E-state index contributed by atoms with van der Waals surface area (Å²) in [4.78, 5) is 14.8. The van der Waals surface area contributed by atoms with Gasteiger partial charge in [-0.15, -0.1) is 0 Å². The summed E-state index contributed by atoms with van der Waals surface area (Å²) in [5.41, 5.74) is 0. The van der Waals surface area contributed by atoms with Crippen molar-refractivity contribution in [2.75, 3.05) is 32.7 Å². The first-order valence-corrected chi connectivity index (χ1v) is 10.4. The molecule has 3 rings (SSSR count). The molecule has 132 valence electrons. The van der Waals surface area contributed by atoms with Crippen molar-refractivity contribution >= 4 is 31.9 Å². The number of nitrogens with one attached hydrogen (secondary N) is 1. The largest absolute Gasteiger partial charge is 0.340 e. The van der Waals surface area contributed by atoms with Gasteiger partial charge in [-0.3, -0.25) is 4.79 Å². The molecule has 6 nitrogen and oxygen atoms in total. The monoisotopic (exact) mass is 415 g/mol. The standard InChI is InChI=1S/C16H22BrN3O3S/c1-12-10-19(8-6-18-12)16(21)13-5-7-20(11-13)24(22,23)15-4-2-3-14(17)9-15/h2-4,9,12-13,18H,5-8,10-11H2,1H3/t12-,13?/m1/s1. The number of hydrogen-bond donors (Lipinski definition) is 1. The normalized spacial score (nSPS) is 25.8. The molecule has 0 bridgehead atoms. The summed E-state index contributed by atoms with van der Waals surface area (Å²) in [7, 11) is -3.55. The number of amides is 1. The highest BCUT2D eigenvalue weighted by atomic mass is 79.9. The maximum absolute atomic E-state index is 12.8. The van der Waals surface area contributed by atoms with Crippen LogP contribution in [0.25, 0.3) is 0 Å². The number of carbonyl (C=O) groups excluding carboxylic acids is 1. The maximum Gasteiger partial charge on any atom is 0.243 e. The second-order valence-corrected chi connectivity index (χ2v) is 9.30. The highest BCUT2D eigenvalue weighted by molar-refractivity contribution is 9.10. The van der Waals surface area contributed by atoms with Gasteiger partial charge in [0.05, 0.1) is 10.8 Å². The Kier molecular flexibility index (Phi) is 5.29. The number of nitrogens with zero attached hydrogens (tertiary/aromatic N) is 2. The van der Waals surface area contributed by atoms with Crippen molar-refractivity contribution in [2.45, 2.75) is 24.3 Å². The molecular weight excluding hydrogens is 394 g/mol. The molecule has 2 fully saturated rings. The Morgan fingerprint density at radius 3 is 2.79 bits per heavy atom. The minimum atomic E-state index is -3.55. The van der Waals surface area contributed by atoms with Gasteiger partial charge in [0, 0.05) is 43.2 Å². The van der Waals surface area contributed by atoms with Crippen molar-refractivity contribution in [3.05, 3.63) is 28.7 Å². The molecule has 1 amide bonds. The number of carbonyl (C=O) groups is 1. The molecule has 0 saturated carbocycles. The van der Waals surface area contributed by atoms with Crippen LogP contribution < -0.4 is 5.32 Å². The second-order valence-electron chi connectivity index (χ2n) is 6.45. The van der Waals surface area contributed by atoms with Gasteiger partial charge in [-0.25, -0.2) is 8.42 Å². The Morgan fingerprint density at radius 2 is 2.08 bits per heavy atom. The van der Waals surface area contributed by atoms with Crippen LogP contribution in [0.5, 0.6) is 0 Å². The van der Waals surface area contributed by atoms with Crippen LogP contribution in [0.4, 0.5) is 0 Å². The van der Waals surface area contributed by atoms with E-state index in [4.69, 9.17) is 0 Å². The molecule has 2 aliphatic heterocycles. The van der Waals surface area contributed by atoms with Crippen LogP contribution in [0.15, 0.2) is 33.6 Å². The molecule has 2 saturated heterocycles. The van der Waals surface area contributed by atoms with Crippen molar-refractivity contribution in [2.24, 2.45) is 5.92 Å². The zero-order chi connectivity index (χ0) is 17.3. The van der Waals surface area contributed by atoms with Crippen molar-refractivity contribution in [3.63, 3.8) is 0 Å². The second kappa shape index (κ2) is 7.11. The zero-order valence-corrected chi connectivity index (χ0v) is 16.0. The Balaban J connectivity index is 1.69. The van der Waals surface area contributed by atoms with Gasteiger partial charge in [0.2, 0.25) is 15.9 Å². The van der Waals surface area contributed by atoms with E-state index in [0.29, 0.717) is 26.1 Å². The lowest BCUT2D eigenvalue weighted by Crippen LogP contribution is -2.53. The van der Waals surface area contributed by atoms with Crippen LogP contribution in [0.1, 0.15) is 13.3 Å². The molecular formula is C16H22BrN3O3S. The fourth-order valence-electron chi connectivity index (χ4n) is 3.32. The van der Waals surface area contributed by atoms with Crippen LogP contribution >= 0.6 is 15.9 Å². The molecule has 2 aliphatic rings. The van der Waals surface area contributed by atoms with E-state index in [1.165, 1.54) is 4.31 Å². The van der Waals surface area contributed by atoms with E-state index in [1.807, 2.05) is 4.90 Å². The van der Waals surface area contributed by atoms with Crippen molar-refractivity contribution < 1.29 is 13.2 Å². The zero-order valence-electron chi connectivity index (χ0n) is 13.6. The fourth-order valence-corrected chi connectivity index (χ4v) is 5.41. The van der Waals surface area contributed by atoms with E-state index < -0.39 is 10.0 Å². The van der Waals surface area contributed by atoms with Crippen molar-refractivity contribution in [1.82, 2.24) is 14.5 Å². The van der Waals surface area contributed by atoms with Gasteiger partial charge in [0.15, 0.2) is 0 Å². The molecule has 8 heteroatoms. The lowest BCUT2D eigenvalue weighted by Gasteiger charge is -2.33. The third-order valence-electron chi connectivity index (χ3n) is 4.61. The number of sulfonamides is 1.